The Morgan fingerprint density at radius 2 is 1.62 bits per heavy atom. The molecule has 0 fully saturated rings. The number of anilines is 1. The van der Waals surface area contributed by atoms with Crippen molar-refractivity contribution in [2.24, 2.45) is 0 Å². The minimum absolute atomic E-state index is 0.0669. The lowest BCUT2D eigenvalue weighted by Gasteiger charge is -2.35. The summed E-state index contributed by atoms with van der Waals surface area (Å²) in [7, 11) is -2.87. The van der Waals surface area contributed by atoms with E-state index in [2.05, 4.69) is 5.32 Å². The molecule has 0 radical (unpaired) electrons. The number of hydrogen-bond donors (Lipinski definition) is 1. The van der Waals surface area contributed by atoms with Crippen molar-refractivity contribution in [3.05, 3.63) is 88.2 Å². The number of carbonyl (C=O) groups excluding carboxylic acids is 2. The normalized spacial score (nSPS) is 12.4. The molecule has 3 rings (SSSR count). The van der Waals surface area contributed by atoms with Gasteiger partial charge in [-0.3, -0.25) is 13.9 Å². The van der Waals surface area contributed by atoms with Gasteiger partial charge in [-0.2, -0.15) is 0 Å². The number of amides is 2. The van der Waals surface area contributed by atoms with Crippen LogP contribution in [0.1, 0.15) is 39.7 Å². The molecule has 0 aliphatic heterocycles. The Morgan fingerprint density at radius 1 is 1.00 bits per heavy atom. The predicted molar refractivity (Wildman–Crippen MR) is 163 cm³/mol. The van der Waals surface area contributed by atoms with Crippen molar-refractivity contribution in [3.8, 4) is 5.75 Å². The lowest BCUT2D eigenvalue weighted by Crippen LogP contribution is -2.55. The molecular weight excluding hydrogens is 604 g/mol. The Morgan fingerprint density at radius 3 is 2.14 bits per heavy atom. The van der Waals surface area contributed by atoms with Gasteiger partial charge in [0, 0.05) is 22.1 Å². The average molecular weight is 639 g/mol. The Hall–Kier alpha value is -3.34. The van der Waals surface area contributed by atoms with Crippen LogP contribution in [0, 0.1) is 5.82 Å². The van der Waals surface area contributed by atoms with Gasteiger partial charge in [-0.15, -0.1) is 0 Å². The van der Waals surface area contributed by atoms with E-state index in [4.69, 9.17) is 27.9 Å². The number of carbonyl (C=O) groups is 2. The number of ether oxygens (including phenoxy) is 1. The largest absolute Gasteiger partial charge is 0.497 e. The Balaban J connectivity index is 2.09. The second-order valence-electron chi connectivity index (χ2n) is 10.6. The molecule has 0 unspecified atom stereocenters. The van der Waals surface area contributed by atoms with Crippen LogP contribution in [0.25, 0.3) is 0 Å². The lowest BCUT2D eigenvalue weighted by molar-refractivity contribution is -0.141. The molecule has 8 nitrogen and oxygen atoms in total. The molecule has 3 aromatic rings. The van der Waals surface area contributed by atoms with E-state index in [1.807, 2.05) is 20.8 Å². The molecular formula is C30H34Cl2FN3O5S. The maximum Gasteiger partial charge on any atom is 0.264 e. The summed E-state index contributed by atoms with van der Waals surface area (Å²) in [5.41, 5.74) is -0.00497. The molecule has 0 aliphatic rings. The summed E-state index contributed by atoms with van der Waals surface area (Å²) in [5.74, 6) is -1.20. The Labute approximate surface area is 256 Å². The monoisotopic (exact) mass is 637 g/mol. The van der Waals surface area contributed by atoms with Gasteiger partial charge in [0.1, 0.15) is 24.2 Å². The molecule has 0 saturated heterocycles. The van der Waals surface area contributed by atoms with Gasteiger partial charge in [0.05, 0.1) is 17.7 Å². The van der Waals surface area contributed by atoms with Crippen molar-refractivity contribution in [3.63, 3.8) is 0 Å². The third kappa shape index (κ3) is 8.36. The molecule has 42 heavy (non-hydrogen) atoms. The van der Waals surface area contributed by atoms with Crippen molar-refractivity contribution in [1.29, 1.82) is 0 Å². The molecule has 0 bridgehead atoms. The fourth-order valence-corrected chi connectivity index (χ4v) is 6.10. The standard InChI is InChI=1S/C30H34Cl2FN3O5S/c1-6-27(29(38)34-30(2,3)4)35(18-20-7-8-21(31)17-26(20)32)28(37)19-36(23-11-9-22(33)10-12-23)42(39,40)25-15-13-24(41-5)14-16-25/h7-17,27H,6,18-19H2,1-5H3,(H,34,38)/t27-/m1/s1. The molecule has 1 N–H and O–H groups in total. The molecule has 3 aromatic carbocycles. The molecule has 0 saturated carbocycles. The fourth-order valence-electron chi connectivity index (χ4n) is 4.22. The van der Waals surface area contributed by atoms with Crippen molar-refractivity contribution in [1.82, 2.24) is 10.2 Å². The van der Waals surface area contributed by atoms with E-state index in [1.165, 1.54) is 54.5 Å². The first kappa shape index (κ1) is 33.2. The highest BCUT2D eigenvalue weighted by Gasteiger charge is 2.35. The summed E-state index contributed by atoms with van der Waals surface area (Å²) >= 11 is 12.5. The topological polar surface area (TPSA) is 96.0 Å². The Kier molecular flexibility index (Phi) is 10.9. The number of benzene rings is 3. The molecule has 0 aliphatic carbocycles. The van der Waals surface area contributed by atoms with Crippen molar-refractivity contribution in [2.75, 3.05) is 18.0 Å². The minimum atomic E-state index is -4.32. The summed E-state index contributed by atoms with van der Waals surface area (Å²) in [6.45, 7) is 6.43. The number of nitrogens with zero attached hydrogens (tertiary/aromatic N) is 2. The summed E-state index contributed by atoms with van der Waals surface area (Å²) in [6.07, 6.45) is 0.237. The highest BCUT2D eigenvalue weighted by molar-refractivity contribution is 7.92. The summed E-state index contributed by atoms with van der Waals surface area (Å²) in [5, 5.41) is 3.58. The van der Waals surface area contributed by atoms with Crippen LogP contribution in [0.3, 0.4) is 0 Å². The van der Waals surface area contributed by atoms with Crippen LogP contribution in [-0.4, -0.2) is 50.4 Å². The number of rotatable bonds is 11. The highest BCUT2D eigenvalue weighted by atomic mass is 35.5. The second-order valence-corrected chi connectivity index (χ2v) is 13.3. The van der Waals surface area contributed by atoms with E-state index >= 15 is 0 Å². The molecule has 0 spiro atoms. The molecule has 226 valence electrons. The maximum atomic E-state index is 14.1. The van der Waals surface area contributed by atoms with E-state index in [0.717, 1.165) is 16.4 Å². The van der Waals surface area contributed by atoms with E-state index < -0.39 is 45.8 Å². The number of hydrogen-bond acceptors (Lipinski definition) is 5. The van der Waals surface area contributed by atoms with Crippen LogP contribution >= 0.6 is 23.2 Å². The lowest BCUT2D eigenvalue weighted by atomic mass is 10.1. The van der Waals surface area contributed by atoms with Crippen molar-refractivity contribution < 1.29 is 27.1 Å². The van der Waals surface area contributed by atoms with E-state index in [9.17, 15) is 22.4 Å². The zero-order valence-corrected chi connectivity index (χ0v) is 26.4. The first-order chi connectivity index (χ1) is 19.7. The quantitative estimate of drug-likeness (QED) is 0.276. The van der Waals surface area contributed by atoms with Gasteiger partial charge < -0.3 is 15.0 Å². The fraction of sp³-hybridized carbons (Fsp3) is 0.333. The van der Waals surface area contributed by atoms with Crippen LogP contribution in [0.5, 0.6) is 5.75 Å². The van der Waals surface area contributed by atoms with Crippen LogP contribution < -0.4 is 14.4 Å². The van der Waals surface area contributed by atoms with Gasteiger partial charge in [-0.05, 0) is 93.4 Å². The van der Waals surface area contributed by atoms with Crippen LogP contribution in [0.2, 0.25) is 10.0 Å². The molecule has 0 aromatic heterocycles. The van der Waals surface area contributed by atoms with Gasteiger partial charge in [0.15, 0.2) is 0 Å². The van der Waals surface area contributed by atoms with Gasteiger partial charge in [-0.1, -0.05) is 36.2 Å². The third-order valence-electron chi connectivity index (χ3n) is 6.28. The first-order valence-corrected chi connectivity index (χ1v) is 15.3. The van der Waals surface area contributed by atoms with Crippen molar-refractivity contribution >= 4 is 50.7 Å². The van der Waals surface area contributed by atoms with E-state index in [-0.39, 0.29) is 28.6 Å². The molecule has 0 heterocycles. The number of methoxy groups -OCH3 is 1. The average Bonchev–Trinajstić information content (AvgIpc) is 2.92. The smallest absolute Gasteiger partial charge is 0.264 e. The molecule has 12 heteroatoms. The summed E-state index contributed by atoms with van der Waals surface area (Å²) in [6, 6.07) is 14.2. The predicted octanol–water partition coefficient (Wildman–Crippen LogP) is 6.06. The molecule has 2 amide bonds. The van der Waals surface area contributed by atoms with Crippen molar-refractivity contribution in [2.45, 2.75) is 57.1 Å². The van der Waals surface area contributed by atoms with Gasteiger partial charge in [-0.25, -0.2) is 12.8 Å². The molecule has 1 atom stereocenters. The van der Waals surface area contributed by atoms with E-state index in [0.29, 0.717) is 16.3 Å². The van der Waals surface area contributed by atoms with Crippen LogP contribution in [-0.2, 0) is 26.2 Å². The number of sulfonamides is 1. The van der Waals surface area contributed by atoms with E-state index in [1.54, 1.807) is 19.1 Å². The van der Waals surface area contributed by atoms with Crippen LogP contribution in [0.15, 0.2) is 71.6 Å². The zero-order chi connectivity index (χ0) is 31.2. The zero-order valence-electron chi connectivity index (χ0n) is 24.0. The maximum absolute atomic E-state index is 14.1. The minimum Gasteiger partial charge on any atom is -0.497 e. The second kappa shape index (κ2) is 13.8. The number of nitrogens with one attached hydrogen (secondary N) is 1. The summed E-state index contributed by atoms with van der Waals surface area (Å²) < 4.78 is 47.6. The summed E-state index contributed by atoms with van der Waals surface area (Å²) in [4.78, 5) is 28.7. The van der Waals surface area contributed by atoms with Crippen LogP contribution in [0.4, 0.5) is 10.1 Å². The SMILES string of the molecule is CC[C@H](C(=O)NC(C)(C)C)N(Cc1ccc(Cl)cc1Cl)C(=O)CN(c1ccc(F)cc1)S(=O)(=O)c1ccc(OC)cc1. The third-order valence-corrected chi connectivity index (χ3v) is 8.66. The van der Waals surface area contributed by atoms with Gasteiger partial charge >= 0.3 is 0 Å². The highest BCUT2D eigenvalue weighted by Crippen LogP contribution is 2.28. The first-order valence-electron chi connectivity index (χ1n) is 13.1. The Bertz CT molecular complexity index is 1510. The van der Waals surface area contributed by atoms with Gasteiger partial charge in [0.25, 0.3) is 10.0 Å². The number of halogens is 3. The van der Waals surface area contributed by atoms with Gasteiger partial charge in [0.2, 0.25) is 11.8 Å².